The number of hydrogen-bond acceptors (Lipinski definition) is 4. The van der Waals surface area contributed by atoms with Crippen LogP contribution in [0.3, 0.4) is 0 Å². The van der Waals surface area contributed by atoms with Gasteiger partial charge in [-0.25, -0.2) is 0 Å². The second-order valence-electron chi connectivity index (χ2n) is 6.19. The third-order valence-electron chi connectivity index (χ3n) is 4.71. The Bertz CT molecular complexity index is 809. The molecule has 0 aromatic heterocycles. The molecule has 1 aliphatic heterocycles. The van der Waals surface area contributed by atoms with Gasteiger partial charge in [0.15, 0.2) is 5.78 Å². The van der Waals surface area contributed by atoms with E-state index in [1.807, 2.05) is 48.5 Å². The predicted molar refractivity (Wildman–Crippen MR) is 95.3 cm³/mol. The normalized spacial score (nSPS) is 19.5. The Kier molecular flexibility index (Phi) is 3.73. The van der Waals surface area contributed by atoms with E-state index in [0.717, 1.165) is 46.8 Å². The number of hydrogen-bond donors (Lipinski definition) is 2. The first kappa shape index (κ1) is 14.8. The molecule has 4 rings (SSSR count). The molecule has 4 heteroatoms. The molecular weight excluding hydrogens is 300 g/mol. The number of allylic oxidation sites excluding steroid dienone is 1. The maximum atomic E-state index is 12.7. The Labute approximate surface area is 141 Å². The molecule has 1 atom stereocenters. The molecule has 2 N–H and O–H groups in total. The summed E-state index contributed by atoms with van der Waals surface area (Å²) in [6.45, 7) is 0. The van der Waals surface area contributed by atoms with Crippen molar-refractivity contribution in [3.05, 3.63) is 65.4 Å². The van der Waals surface area contributed by atoms with Crippen LogP contribution in [-0.4, -0.2) is 12.9 Å². The van der Waals surface area contributed by atoms with Gasteiger partial charge in [-0.2, -0.15) is 0 Å². The number of nitrogens with one attached hydrogen (secondary N) is 2. The number of carbonyl (C=O) groups is 1. The zero-order chi connectivity index (χ0) is 16.5. The monoisotopic (exact) mass is 320 g/mol. The van der Waals surface area contributed by atoms with Crippen LogP contribution < -0.4 is 15.4 Å². The molecule has 2 aliphatic rings. The number of fused-ring (bicyclic) bond motifs is 1. The summed E-state index contributed by atoms with van der Waals surface area (Å²) in [5, 5.41) is 7.05. The van der Waals surface area contributed by atoms with Crippen molar-refractivity contribution < 1.29 is 9.53 Å². The quantitative estimate of drug-likeness (QED) is 0.867. The van der Waals surface area contributed by atoms with Gasteiger partial charge in [-0.15, -0.1) is 0 Å². The third-order valence-corrected chi connectivity index (χ3v) is 4.71. The van der Waals surface area contributed by atoms with Crippen LogP contribution in [-0.2, 0) is 4.79 Å². The number of rotatable bonds is 2. The van der Waals surface area contributed by atoms with Crippen molar-refractivity contribution in [1.82, 2.24) is 0 Å². The minimum atomic E-state index is -0.144. The van der Waals surface area contributed by atoms with Gasteiger partial charge in [0.1, 0.15) is 5.75 Å². The van der Waals surface area contributed by atoms with Crippen molar-refractivity contribution >= 4 is 17.2 Å². The van der Waals surface area contributed by atoms with Gasteiger partial charge < -0.3 is 15.4 Å². The summed E-state index contributed by atoms with van der Waals surface area (Å²) < 4.78 is 5.25. The fourth-order valence-electron chi connectivity index (χ4n) is 3.48. The first-order valence-electron chi connectivity index (χ1n) is 8.29. The van der Waals surface area contributed by atoms with Crippen LogP contribution in [0, 0.1) is 0 Å². The minimum absolute atomic E-state index is 0.144. The van der Waals surface area contributed by atoms with Gasteiger partial charge in [0, 0.05) is 17.7 Å². The zero-order valence-electron chi connectivity index (χ0n) is 13.6. The summed E-state index contributed by atoms with van der Waals surface area (Å²) in [7, 11) is 1.66. The van der Waals surface area contributed by atoms with Crippen molar-refractivity contribution in [1.29, 1.82) is 0 Å². The number of anilines is 2. The largest absolute Gasteiger partial charge is 0.497 e. The summed E-state index contributed by atoms with van der Waals surface area (Å²) in [6, 6.07) is 15.9. The van der Waals surface area contributed by atoms with Crippen molar-refractivity contribution in [3.8, 4) is 5.75 Å². The Morgan fingerprint density at radius 2 is 1.75 bits per heavy atom. The van der Waals surface area contributed by atoms with Crippen molar-refractivity contribution in [2.45, 2.75) is 25.3 Å². The second-order valence-corrected chi connectivity index (χ2v) is 6.19. The maximum absolute atomic E-state index is 12.7. The minimum Gasteiger partial charge on any atom is -0.497 e. The average Bonchev–Trinajstić information content (AvgIpc) is 2.79. The summed E-state index contributed by atoms with van der Waals surface area (Å²) in [4.78, 5) is 12.7. The fourth-order valence-corrected chi connectivity index (χ4v) is 3.48. The smallest absolute Gasteiger partial charge is 0.163 e. The van der Waals surface area contributed by atoms with Crippen LogP contribution in [0.4, 0.5) is 11.4 Å². The van der Waals surface area contributed by atoms with Crippen LogP contribution in [0.25, 0.3) is 0 Å². The van der Waals surface area contributed by atoms with Crippen LogP contribution >= 0.6 is 0 Å². The van der Waals surface area contributed by atoms with Crippen LogP contribution in [0.2, 0.25) is 0 Å². The van der Waals surface area contributed by atoms with Gasteiger partial charge in [-0.1, -0.05) is 24.3 Å². The highest BCUT2D eigenvalue weighted by Gasteiger charge is 2.31. The van der Waals surface area contributed by atoms with E-state index in [4.69, 9.17) is 4.74 Å². The first-order chi connectivity index (χ1) is 11.8. The summed E-state index contributed by atoms with van der Waals surface area (Å²) in [5.74, 6) is 1.04. The molecule has 2 aromatic carbocycles. The highest BCUT2D eigenvalue weighted by molar-refractivity contribution is 6.00. The number of methoxy groups -OCH3 is 1. The van der Waals surface area contributed by atoms with E-state index in [1.165, 1.54) is 0 Å². The van der Waals surface area contributed by atoms with Crippen molar-refractivity contribution in [2.75, 3.05) is 17.7 Å². The Hall–Kier alpha value is -2.75. The average molecular weight is 320 g/mol. The lowest BCUT2D eigenvalue weighted by Gasteiger charge is -2.25. The van der Waals surface area contributed by atoms with E-state index in [9.17, 15) is 4.79 Å². The highest BCUT2D eigenvalue weighted by Crippen LogP contribution is 2.40. The molecule has 1 heterocycles. The SMILES string of the molecule is COc1ccc(C2Nc3ccccc3NC3=C2C(=O)CCC3)cc1. The molecule has 122 valence electrons. The molecule has 0 spiro atoms. The van der Waals surface area contributed by atoms with E-state index < -0.39 is 0 Å². The molecule has 0 saturated heterocycles. The van der Waals surface area contributed by atoms with Gasteiger partial charge in [-0.05, 0) is 42.7 Å². The maximum Gasteiger partial charge on any atom is 0.163 e. The molecule has 0 amide bonds. The van der Waals surface area contributed by atoms with Gasteiger partial charge in [0.05, 0.1) is 24.5 Å². The van der Waals surface area contributed by atoms with Gasteiger partial charge in [0.25, 0.3) is 0 Å². The van der Waals surface area contributed by atoms with Gasteiger partial charge >= 0.3 is 0 Å². The molecule has 0 bridgehead atoms. The molecular formula is C20H20N2O2. The molecule has 2 aromatic rings. The number of Topliss-reactive ketones (excluding diaryl/α,β-unsaturated/α-hetero) is 1. The molecule has 1 aliphatic carbocycles. The Morgan fingerprint density at radius 1 is 1.00 bits per heavy atom. The lowest BCUT2D eigenvalue weighted by atomic mass is 9.87. The van der Waals surface area contributed by atoms with Crippen molar-refractivity contribution in [3.63, 3.8) is 0 Å². The molecule has 0 fully saturated rings. The standard InChI is InChI=1S/C20H20N2O2/c1-24-14-11-9-13(10-12-14)20-19-17(7-4-8-18(19)23)21-15-5-2-3-6-16(15)22-20/h2-3,5-6,9-12,20-22H,4,7-8H2,1H3. The van der Waals surface area contributed by atoms with Crippen molar-refractivity contribution in [2.24, 2.45) is 0 Å². The van der Waals surface area contributed by atoms with Crippen LogP contribution in [0.1, 0.15) is 30.9 Å². The summed E-state index contributed by atoms with van der Waals surface area (Å²) in [6.07, 6.45) is 2.43. The number of ether oxygens (including phenoxy) is 1. The first-order valence-corrected chi connectivity index (χ1v) is 8.29. The van der Waals surface area contributed by atoms with E-state index in [-0.39, 0.29) is 11.8 Å². The second kappa shape index (κ2) is 6.04. The Morgan fingerprint density at radius 3 is 2.50 bits per heavy atom. The lowest BCUT2D eigenvalue weighted by Crippen LogP contribution is -2.23. The number of ketones is 1. The summed E-state index contributed by atoms with van der Waals surface area (Å²) in [5.41, 5.74) is 5.01. The molecule has 0 radical (unpaired) electrons. The lowest BCUT2D eigenvalue weighted by molar-refractivity contribution is -0.116. The fraction of sp³-hybridized carbons (Fsp3) is 0.250. The van der Waals surface area contributed by atoms with E-state index >= 15 is 0 Å². The zero-order valence-corrected chi connectivity index (χ0v) is 13.6. The van der Waals surface area contributed by atoms with E-state index in [1.54, 1.807) is 7.11 Å². The van der Waals surface area contributed by atoms with Crippen LogP contribution in [0.5, 0.6) is 5.75 Å². The van der Waals surface area contributed by atoms with Gasteiger partial charge in [0.2, 0.25) is 0 Å². The Balaban J connectivity index is 1.83. The summed E-state index contributed by atoms with van der Waals surface area (Å²) >= 11 is 0. The van der Waals surface area contributed by atoms with Crippen LogP contribution in [0.15, 0.2) is 59.8 Å². The molecule has 1 unspecified atom stereocenters. The van der Waals surface area contributed by atoms with E-state index in [0.29, 0.717) is 6.42 Å². The predicted octanol–water partition coefficient (Wildman–Crippen LogP) is 4.28. The molecule has 24 heavy (non-hydrogen) atoms. The third kappa shape index (κ3) is 2.54. The topological polar surface area (TPSA) is 50.4 Å². The van der Waals surface area contributed by atoms with E-state index in [2.05, 4.69) is 10.6 Å². The van der Waals surface area contributed by atoms with Gasteiger partial charge in [-0.3, -0.25) is 4.79 Å². The number of carbonyl (C=O) groups excluding carboxylic acids is 1. The highest BCUT2D eigenvalue weighted by atomic mass is 16.5. The number of para-hydroxylation sites is 2. The molecule has 4 nitrogen and oxygen atoms in total. The molecule has 0 saturated carbocycles. The number of benzene rings is 2.